The fraction of sp³-hybridized carbons (Fsp3) is 0.344. The van der Waals surface area contributed by atoms with Gasteiger partial charge >= 0.3 is 5.97 Å². The molecule has 224 valence electrons. The molecule has 2 N–H and O–H groups in total. The van der Waals surface area contributed by atoms with E-state index in [9.17, 15) is 19.4 Å². The zero-order valence-corrected chi connectivity index (χ0v) is 24.3. The monoisotopic (exact) mass is 608 g/mol. The number of benzene rings is 2. The highest BCUT2D eigenvalue weighted by Gasteiger charge is 2.32. The number of piperidine rings is 1. The van der Waals surface area contributed by atoms with Gasteiger partial charge in [0.25, 0.3) is 0 Å². The summed E-state index contributed by atoms with van der Waals surface area (Å²) in [5.74, 6) is -0.882. The number of likely N-dealkylation sites (tertiary alicyclic amines) is 1. The number of para-hydroxylation sites is 1. The van der Waals surface area contributed by atoms with Gasteiger partial charge in [-0.25, -0.2) is 23.5 Å². The van der Waals surface area contributed by atoms with Crippen LogP contribution in [0.3, 0.4) is 0 Å². The van der Waals surface area contributed by atoms with Crippen LogP contribution in [0.5, 0.6) is 5.75 Å². The first-order valence-electron chi connectivity index (χ1n) is 14.3. The molecule has 2 atom stereocenters. The average Bonchev–Trinajstić information content (AvgIpc) is 3.32. The Balaban J connectivity index is 1.21. The number of imidazole rings is 1. The molecule has 11 heteroatoms. The largest absolute Gasteiger partial charge is 0.478 e. The van der Waals surface area contributed by atoms with Gasteiger partial charge in [-0.05, 0) is 74.2 Å². The van der Waals surface area contributed by atoms with Gasteiger partial charge in [0.2, 0.25) is 0 Å². The molecule has 43 heavy (non-hydrogen) atoms. The van der Waals surface area contributed by atoms with Crippen LogP contribution in [0.4, 0.5) is 8.78 Å². The van der Waals surface area contributed by atoms with E-state index in [-0.39, 0.29) is 28.7 Å². The Morgan fingerprint density at radius 3 is 2.63 bits per heavy atom. The minimum Gasteiger partial charge on any atom is -0.478 e. The number of carboxylic acid groups (broad SMARTS) is 1. The number of nitrogens with zero attached hydrogens (tertiary/aromatic N) is 4. The number of aromatic nitrogens is 3. The molecule has 0 bridgehead atoms. The number of carboxylic acids is 1. The van der Waals surface area contributed by atoms with E-state index >= 15 is 4.39 Å². The minimum absolute atomic E-state index is 0.0730. The fourth-order valence-corrected chi connectivity index (χ4v) is 6.05. The summed E-state index contributed by atoms with van der Waals surface area (Å²) < 4.78 is 37.7. The van der Waals surface area contributed by atoms with E-state index in [2.05, 4.69) is 9.88 Å². The Morgan fingerprint density at radius 2 is 1.91 bits per heavy atom. The SMILES string of the molecule is CC[C@H](O)Cn1c(CN2CCC(c3cccc4c3O[C@H](c3ccc(Cl)cc3F)C(F)=C4)CC2)nc2ccc(C(=O)O)nc21. The van der Waals surface area contributed by atoms with Crippen LogP contribution in [0.1, 0.15) is 71.2 Å². The van der Waals surface area contributed by atoms with E-state index in [0.29, 0.717) is 41.3 Å². The van der Waals surface area contributed by atoms with Crippen molar-refractivity contribution >= 4 is 34.8 Å². The van der Waals surface area contributed by atoms with Crippen molar-refractivity contribution in [1.82, 2.24) is 19.4 Å². The Morgan fingerprint density at radius 1 is 1.12 bits per heavy atom. The first-order valence-corrected chi connectivity index (χ1v) is 14.7. The summed E-state index contributed by atoms with van der Waals surface area (Å²) in [4.78, 5) is 22.8. The molecule has 2 aromatic carbocycles. The van der Waals surface area contributed by atoms with E-state index in [1.165, 1.54) is 24.3 Å². The smallest absolute Gasteiger partial charge is 0.354 e. The second-order valence-electron chi connectivity index (χ2n) is 11.1. The van der Waals surface area contributed by atoms with Crippen molar-refractivity contribution in [2.75, 3.05) is 13.1 Å². The molecule has 1 saturated heterocycles. The van der Waals surface area contributed by atoms with Crippen LogP contribution < -0.4 is 4.74 Å². The molecule has 0 unspecified atom stereocenters. The fourth-order valence-electron chi connectivity index (χ4n) is 5.89. The van der Waals surface area contributed by atoms with Crippen LogP contribution in [0.15, 0.2) is 54.4 Å². The molecule has 6 rings (SSSR count). The number of ether oxygens (including phenoxy) is 1. The molecule has 0 amide bonds. The molecule has 8 nitrogen and oxygen atoms in total. The normalized spacial score (nSPS) is 18.3. The molecular weight excluding hydrogens is 578 g/mol. The van der Waals surface area contributed by atoms with Crippen LogP contribution >= 0.6 is 11.6 Å². The molecule has 1 fully saturated rings. The van der Waals surface area contributed by atoms with E-state index in [0.717, 1.165) is 37.6 Å². The number of aliphatic hydroxyl groups is 1. The van der Waals surface area contributed by atoms with E-state index in [1.807, 2.05) is 23.6 Å². The van der Waals surface area contributed by atoms with Crippen molar-refractivity contribution in [3.05, 3.63) is 93.4 Å². The minimum atomic E-state index is -1.19. The van der Waals surface area contributed by atoms with Gasteiger partial charge in [0.05, 0.1) is 19.2 Å². The van der Waals surface area contributed by atoms with Crippen molar-refractivity contribution in [2.24, 2.45) is 0 Å². The standard InChI is InChI=1S/C32H31ClF2N4O4/c1-2-21(40)16-39-28(36-26-8-9-27(32(41)42)37-31(26)39)17-38-12-10-18(11-13-38)22-5-3-4-19-14-25(35)30(43-29(19)22)23-7-6-20(33)15-24(23)34/h3-9,14-15,18,21,30,40H,2,10-13,16-17H2,1H3,(H,41,42)/t21-,30+/m0/s1. The molecule has 0 spiro atoms. The zero-order valence-electron chi connectivity index (χ0n) is 23.5. The number of aromatic carboxylic acids is 1. The molecule has 2 aliphatic heterocycles. The number of carbonyl (C=O) groups is 1. The Bertz CT molecular complexity index is 1720. The number of aliphatic hydroxyl groups excluding tert-OH is 1. The van der Waals surface area contributed by atoms with Gasteiger partial charge in [-0.1, -0.05) is 42.8 Å². The summed E-state index contributed by atoms with van der Waals surface area (Å²) in [6.07, 6.45) is 1.77. The predicted molar refractivity (Wildman–Crippen MR) is 158 cm³/mol. The number of hydrogen-bond acceptors (Lipinski definition) is 6. The number of rotatable bonds is 8. The van der Waals surface area contributed by atoms with Crippen molar-refractivity contribution in [2.45, 2.75) is 57.4 Å². The molecular formula is C32H31ClF2N4O4. The lowest BCUT2D eigenvalue weighted by molar-refractivity contribution is 0.0691. The zero-order chi connectivity index (χ0) is 30.2. The highest BCUT2D eigenvalue weighted by atomic mass is 35.5. The summed E-state index contributed by atoms with van der Waals surface area (Å²) in [6.45, 7) is 4.16. The molecule has 0 saturated carbocycles. The van der Waals surface area contributed by atoms with Crippen LogP contribution in [0, 0.1) is 5.82 Å². The third-order valence-corrected chi connectivity index (χ3v) is 8.48. The lowest BCUT2D eigenvalue weighted by Crippen LogP contribution is -2.34. The lowest BCUT2D eigenvalue weighted by atomic mass is 9.87. The quantitative estimate of drug-likeness (QED) is 0.235. The maximum Gasteiger partial charge on any atom is 0.354 e. The number of halogens is 3. The molecule has 4 heterocycles. The summed E-state index contributed by atoms with van der Waals surface area (Å²) in [6, 6.07) is 12.9. The van der Waals surface area contributed by atoms with Crippen LogP contribution in [-0.4, -0.2) is 54.8 Å². The average molecular weight is 609 g/mol. The summed E-state index contributed by atoms with van der Waals surface area (Å²) >= 11 is 5.90. The number of fused-ring (bicyclic) bond motifs is 2. The van der Waals surface area contributed by atoms with Crippen molar-refractivity contribution < 1.29 is 28.5 Å². The molecule has 2 aromatic heterocycles. The van der Waals surface area contributed by atoms with Gasteiger partial charge in [0.1, 0.15) is 28.7 Å². The number of pyridine rings is 1. The van der Waals surface area contributed by atoms with Crippen molar-refractivity contribution in [1.29, 1.82) is 0 Å². The third-order valence-electron chi connectivity index (χ3n) is 8.25. The summed E-state index contributed by atoms with van der Waals surface area (Å²) in [5, 5.41) is 20.1. The highest BCUT2D eigenvalue weighted by Crippen LogP contribution is 2.45. The first-order chi connectivity index (χ1) is 20.7. The maximum absolute atomic E-state index is 15.1. The second-order valence-corrected chi connectivity index (χ2v) is 11.5. The molecule has 0 aliphatic carbocycles. The third kappa shape index (κ3) is 5.87. The molecule has 2 aliphatic rings. The van der Waals surface area contributed by atoms with Crippen LogP contribution in [0.2, 0.25) is 5.02 Å². The Hall–Kier alpha value is -3.86. The molecule has 4 aromatic rings. The molecule has 0 radical (unpaired) electrons. The van der Waals surface area contributed by atoms with Crippen LogP contribution in [0.25, 0.3) is 17.2 Å². The second kappa shape index (κ2) is 12.0. The highest BCUT2D eigenvalue weighted by molar-refractivity contribution is 6.30. The summed E-state index contributed by atoms with van der Waals surface area (Å²) in [5.41, 5.74) is 2.63. The first kappa shape index (κ1) is 29.2. The van der Waals surface area contributed by atoms with Crippen molar-refractivity contribution in [3.63, 3.8) is 0 Å². The predicted octanol–water partition coefficient (Wildman–Crippen LogP) is 6.52. The Labute approximate surface area is 252 Å². The summed E-state index contributed by atoms with van der Waals surface area (Å²) in [7, 11) is 0. The van der Waals surface area contributed by atoms with Gasteiger partial charge in [0.15, 0.2) is 17.4 Å². The topological polar surface area (TPSA) is 101 Å². The van der Waals surface area contributed by atoms with E-state index < -0.39 is 29.8 Å². The van der Waals surface area contributed by atoms with Crippen molar-refractivity contribution in [3.8, 4) is 5.75 Å². The van der Waals surface area contributed by atoms with Gasteiger partial charge in [-0.15, -0.1) is 0 Å². The van der Waals surface area contributed by atoms with Gasteiger partial charge in [-0.3, -0.25) is 4.90 Å². The Kier molecular flexibility index (Phi) is 8.17. The van der Waals surface area contributed by atoms with E-state index in [1.54, 1.807) is 12.1 Å². The number of hydrogen-bond donors (Lipinski definition) is 2. The maximum atomic E-state index is 15.1. The van der Waals surface area contributed by atoms with Gasteiger partial charge < -0.3 is 19.5 Å². The van der Waals surface area contributed by atoms with E-state index in [4.69, 9.17) is 21.3 Å². The van der Waals surface area contributed by atoms with Gasteiger partial charge in [-0.2, -0.15) is 0 Å². The lowest BCUT2D eigenvalue weighted by Gasteiger charge is -2.34. The van der Waals surface area contributed by atoms with Crippen LogP contribution in [-0.2, 0) is 13.1 Å². The van der Waals surface area contributed by atoms with Gasteiger partial charge in [0, 0.05) is 16.1 Å².